The van der Waals surface area contributed by atoms with E-state index in [9.17, 15) is 9.59 Å². The smallest absolute Gasteiger partial charge is 0.251 e. The molecule has 0 unspecified atom stereocenters. The van der Waals surface area contributed by atoms with Gasteiger partial charge in [0.05, 0.1) is 18.8 Å². The van der Waals surface area contributed by atoms with E-state index in [1.165, 1.54) is 6.42 Å². The van der Waals surface area contributed by atoms with Crippen LogP contribution in [0.15, 0.2) is 54.6 Å². The lowest BCUT2D eigenvalue weighted by Gasteiger charge is -2.34. The zero-order valence-corrected chi connectivity index (χ0v) is 23.2. The molecule has 4 N–H and O–H groups in total. The monoisotopic (exact) mass is 542 g/mol. The first kappa shape index (κ1) is 27.6. The molecule has 0 spiro atoms. The Morgan fingerprint density at radius 1 is 1.00 bits per heavy atom. The van der Waals surface area contributed by atoms with Crippen LogP contribution in [0.4, 0.5) is 11.5 Å². The average Bonchev–Trinajstić information content (AvgIpc) is 3.36. The highest BCUT2D eigenvalue weighted by molar-refractivity contribution is 5.94. The van der Waals surface area contributed by atoms with Crippen LogP contribution in [0.5, 0.6) is 0 Å². The fourth-order valence-corrected chi connectivity index (χ4v) is 6.02. The van der Waals surface area contributed by atoms with Gasteiger partial charge in [0, 0.05) is 37.0 Å². The predicted molar refractivity (Wildman–Crippen MR) is 156 cm³/mol. The molecule has 1 aromatic heterocycles. The zero-order chi connectivity index (χ0) is 28.1. The number of nitrogen functional groups attached to an aromatic ring is 1. The Balaban J connectivity index is 1.29. The molecule has 2 fully saturated rings. The van der Waals surface area contributed by atoms with Crippen molar-refractivity contribution in [1.82, 2.24) is 20.6 Å². The van der Waals surface area contributed by atoms with Gasteiger partial charge in [0.25, 0.3) is 5.91 Å². The lowest BCUT2D eigenvalue weighted by Crippen LogP contribution is -2.48. The maximum Gasteiger partial charge on any atom is 0.251 e. The van der Waals surface area contributed by atoms with Gasteiger partial charge >= 0.3 is 0 Å². The van der Waals surface area contributed by atoms with Crippen molar-refractivity contribution >= 4 is 23.3 Å². The van der Waals surface area contributed by atoms with Crippen LogP contribution in [0.2, 0.25) is 0 Å². The molecular weight excluding hydrogens is 504 g/mol. The first-order valence-electron chi connectivity index (χ1n) is 14.1. The Hall–Kier alpha value is -3.98. The van der Waals surface area contributed by atoms with Crippen molar-refractivity contribution in [3.63, 3.8) is 0 Å². The van der Waals surface area contributed by atoms with Crippen LogP contribution in [0.1, 0.15) is 54.0 Å². The minimum atomic E-state index is -0.277. The van der Waals surface area contributed by atoms with Crippen molar-refractivity contribution in [1.29, 1.82) is 0 Å². The number of anilines is 2. The standard InChI is InChI=1S/C31H38N6O3/c1-20-35-26(19-34-30(38)23-9-7-21(8-10-23)22-11-13-25(32)14-12-22)18-29(36-20)37-27-6-4-3-5-24(27)17-28(37)31(39)33-15-16-40-2/h7-14,18,24,27-28H,3-6,15-17,19,32H2,1-2H3,(H,33,39)(H,34,38)/t24-,27-,28-/m0/s1. The van der Waals surface area contributed by atoms with Crippen LogP contribution in [0.25, 0.3) is 11.1 Å². The van der Waals surface area contributed by atoms with Gasteiger partial charge in [-0.25, -0.2) is 9.97 Å². The van der Waals surface area contributed by atoms with Crippen LogP contribution in [0, 0.1) is 12.8 Å². The second-order valence-electron chi connectivity index (χ2n) is 10.7. The van der Waals surface area contributed by atoms with Crippen molar-refractivity contribution in [2.75, 3.05) is 30.9 Å². The predicted octanol–water partition coefficient (Wildman–Crippen LogP) is 3.86. The fraction of sp³-hybridized carbons (Fsp3) is 0.419. The number of hydrogen-bond acceptors (Lipinski definition) is 7. The molecule has 9 nitrogen and oxygen atoms in total. The normalized spacial score (nSPS) is 20.1. The second-order valence-corrected chi connectivity index (χ2v) is 10.7. The van der Waals surface area contributed by atoms with Gasteiger partial charge in [0.15, 0.2) is 0 Å². The van der Waals surface area contributed by atoms with Crippen LogP contribution < -0.4 is 21.3 Å². The highest BCUT2D eigenvalue weighted by Gasteiger charge is 2.45. The Morgan fingerprint density at radius 3 is 2.42 bits per heavy atom. The Kier molecular flexibility index (Phi) is 8.60. The highest BCUT2D eigenvalue weighted by atomic mass is 16.5. The summed E-state index contributed by atoms with van der Waals surface area (Å²) in [5.41, 5.74) is 9.84. The third kappa shape index (κ3) is 6.25. The lowest BCUT2D eigenvalue weighted by atomic mass is 9.84. The van der Waals surface area contributed by atoms with Gasteiger partial charge in [0.1, 0.15) is 17.7 Å². The van der Waals surface area contributed by atoms with Crippen molar-refractivity contribution < 1.29 is 14.3 Å². The van der Waals surface area contributed by atoms with Crippen molar-refractivity contribution in [2.24, 2.45) is 5.92 Å². The van der Waals surface area contributed by atoms with Crippen molar-refractivity contribution in [3.05, 3.63) is 71.7 Å². The quantitative estimate of drug-likeness (QED) is 0.277. The highest BCUT2D eigenvalue weighted by Crippen LogP contribution is 2.42. The topological polar surface area (TPSA) is 122 Å². The number of aryl methyl sites for hydroxylation is 1. The second kappa shape index (κ2) is 12.5. The lowest BCUT2D eigenvalue weighted by molar-refractivity contribution is -0.122. The third-order valence-corrected chi connectivity index (χ3v) is 7.96. The van der Waals surface area contributed by atoms with Gasteiger partial charge in [-0.15, -0.1) is 0 Å². The van der Waals surface area contributed by atoms with E-state index in [1.54, 1.807) is 7.11 Å². The van der Waals surface area contributed by atoms with Gasteiger partial charge in [-0.2, -0.15) is 0 Å². The number of fused-ring (bicyclic) bond motifs is 1. The van der Waals surface area contributed by atoms with E-state index in [-0.39, 0.29) is 30.4 Å². The fourth-order valence-electron chi connectivity index (χ4n) is 6.02. The number of methoxy groups -OCH3 is 1. The molecule has 1 saturated heterocycles. The van der Waals surface area contributed by atoms with E-state index in [4.69, 9.17) is 15.5 Å². The SMILES string of the molecule is COCCNC(=O)[C@@H]1C[C@@H]2CCCC[C@@H]2N1c1cc(CNC(=O)c2ccc(-c3ccc(N)cc3)cc2)nc(C)n1. The molecule has 2 heterocycles. The van der Waals surface area contributed by atoms with E-state index in [0.29, 0.717) is 41.8 Å². The van der Waals surface area contributed by atoms with Gasteiger partial charge < -0.3 is 26.0 Å². The van der Waals surface area contributed by atoms with Crippen molar-refractivity contribution in [2.45, 2.75) is 57.7 Å². The zero-order valence-electron chi connectivity index (χ0n) is 23.2. The van der Waals surface area contributed by atoms with Gasteiger partial charge in [0.2, 0.25) is 5.91 Å². The maximum absolute atomic E-state index is 13.2. The molecule has 1 aliphatic heterocycles. The average molecular weight is 543 g/mol. The summed E-state index contributed by atoms with van der Waals surface area (Å²) in [6.07, 6.45) is 5.36. The molecule has 5 rings (SSSR count). The van der Waals surface area contributed by atoms with Crippen LogP contribution in [-0.2, 0) is 16.1 Å². The Labute approximate surface area is 235 Å². The summed E-state index contributed by atoms with van der Waals surface area (Å²) in [7, 11) is 1.63. The number of hydrogen-bond donors (Lipinski definition) is 3. The Bertz CT molecular complexity index is 1330. The molecule has 2 aliphatic rings. The first-order valence-corrected chi connectivity index (χ1v) is 14.1. The molecule has 40 heavy (non-hydrogen) atoms. The summed E-state index contributed by atoms with van der Waals surface area (Å²) >= 11 is 0. The molecule has 1 aliphatic carbocycles. The van der Waals surface area contributed by atoms with Crippen LogP contribution >= 0.6 is 0 Å². The van der Waals surface area contributed by atoms with E-state index in [1.807, 2.05) is 61.5 Å². The summed E-state index contributed by atoms with van der Waals surface area (Å²) in [6.45, 7) is 3.08. The van der Waals surface area contributed by atoms with Gasteiger partial charge in [-0.05, 0) is 67.5 Å². The molecule has 3 aromatic rings. The van der Waals surface area contributed by atoms with E-state index >= 15 is 0 Å². The third-order valence-electron chi connectivity index (χ3n) is 7.96. The molecule has 0 radical (unpaired) electrons. The minimum Gasteiger partial charge on any atom is -0.399 e. The number of rotatable bonds is 9. The summed E-state index contributed by atoms with van der Waals surface area (Å²) in [4.78, 5) is 37.7. The van der Waals surface area contributed by atoms with E-state index < -0.39 is 0 Å². The van der Waals surface area contributed by atoms with Crippen LogP contribution in [0.3, 0.4) is 0 Å². The number of carbonyl (C=O) groups is 2. The molecule has 210 valence electrons. The molecule has 2 amide bonds. The summed E-state index contributed by atoms with van der Waals surface area (Å²) in [6, 6.07) is 17.1. The number of aromatic nitrogens is 2. The summed E-state index contributed by atoms with van der Waals surface area (Å²) in [5.74, 6) is 1.69. The maximum atomic E-state index is 13.2. The molecule has 3 atom stereocenters. The molecule has 0 bridgehead atoms. The molecule has 2 aromatic carbocycles. The number of carbonyl (C=O) groups excluding carboxylic acids is 2. The number of amides is 2. The molecule has 1 saturated carbocycles. The van der Waals surface area contributed by atoms with Gasteiger partial charge in [-0.3, -0.25) is 9.59 Å². The van der Waals surface area contributed by atoms with Gasteiger partial charge in [-0.1, -0.05) is 37.1 Å². The Morgan fingerprint density at radius 2 is 1.70 bits per heavy atom. The number of benzene rings is 2. The number of nitrogens with zero attached hydrogens (tertiary/aromatic N) is 3. The van der Waals surface area contributed by atoms with Crippen LogP contribution in [-0.4, -0.2) is 54.1 Å². The molecular formula is C31H38N6O3. The number of ether oxygens (including phenoxy) is 1. The number of nitrogens with two attached hydrogens (primary N) is 1. The first-order chi connectivity index (χ1) is 19.4. The minimum absolute atomic E-state index is 0.0139. The largest absolute Gasteiger partial charge is 0.399 e. The summed E-state index contributed by atoms with van der Waals surface area (Å²) in [5, 5.41) is 6.02. The van der Waals surface area contributed by atoms with E-state index in [2.05, 4.69) is 20.5 Å². The molecule has 9 heteroatoms. The summed E-state index contributed by atoms with van der Waals surface area (Å²) < 4.78 is 5.11. The number of nitrogens with one attached hydrogen (secondary N) is 2. The van der Waals surface area contributed by atoms with Crippen molar-refractivity contribution in [3.8, 4) is 11.1 Å². The van der Waals surface area contributed by atoms with E-state index in [0.717, 1.165) is 42.6 Å².